The molecule has 306 valence electrons. The van der Waals surface area contributed by atoms with Gasteiger partial charge < -0.3 is 39.4 Å². The number of ether oxygens (including phenoxy) is 4. The van der Waals surface area contributed by atoms with Crippen molar-refractivity contribution in [3.05, 3.63) is 48.6 Å². The lowest BCUT2D eigenvalue weighted by molar-refractivity contribution is -0.305. The van der Waals surface area contributed by atoms with Crippen molar-refractivity contribution in [2.75, 3.05) is 19.8 Å². The Bertz CT molecular complexity index is 1010. The average molecular weight is 751 g/mol. The van der Waals surface area contributed by atoms with Crippen molar-refractivity contribution >= 4 is 11.9 Å². The maximum Gasteiger partial charge on any atom is 0.306 e. The van der Waals surface area contributed by atoms with Crippen LogP contribution in [-0.2, 0) is 28.5 Å². The van der Waals surface area contributed by atoms with Crippen LogP contribution in [0.5, 0.6) is 0 Å². The zero-order valence-corrected chi connectivity index (χ0v) is 33.0. The first-order valence-electron chi connectivity index (χ1n) is 20.7. The van der Waals surface area contributed by atoms with Gasteiger partial charge in [-0.05, 0) is 51.4 Å². The van der Waals surface area contributed by atoms with Crippen LogP contribution in [0.2, 0.25) is 0 Å². The zero-order valence-electron chi connectivity index (χ0n) is 33.0. The molecule has 1 aliphatic rings. The minimum atomic E-state index is -1.60. The van der Waals surface area contributed by atoms with E-state index in [1.165, 1.54) is 70.6 Å². The number of carbonyl (C=O) groups excluding carboxylic acids is 2. The molecule has 4 N–H and O–H groups in total. The molecule has 10 heteroatoms. The predicted octanol–water partition coefficient (Wildman–Crippen LogP) is 8.10. The van der Waals surface area contributed by atoms with E-state index in [9.17, 15) is 30.0 Å². The zero-order chi connectivity index (χ0) is 38.8. The molecule has 1 rings (SSSR count). The number of aliphatic hydroxyl groups excluding tert-OH is 4. The molecule has 0 radical (unpaired) electrons. The van der Waals surface area contributed by atoms with Gasteiger partial charge in [0, 0.05) is 12.8 Å². The molecule has 10 nitrogen and oxygen atoms in total. The molecule has 0 saturated carbocycles. The van der Waals surface area contributed by atoms with Gasteiger partial charge in [0.05, 0.1) is 13.2 Å². The molecular formula is C43H74O10. The SMILES string of the molecule is CCCCC/C=C/C/C=C/C/C=C/C/C=C/CCCC(=O)OC[C@@H](CO[C@H]1O[C@@H](CO)[C@@H](O)C(O)C1O)OC(=O)CCCCCCCCCCCCC. The standard InChI is InChI=1S/C43H74O10/c1-3-5-7-9-11-13-15-16-17-18-19-20-22-23-25-27-29-31-38(45)50-34-36(35-51-43-42(49)41(48)40(47)37(33-44)53-43)52-39(46)32-30-28-26-24-21-14-12-10-8-6-4-2/h11,13,16-17,19-20,23,25,36-37,40-44,47-49H,3-10,12,14-15,18,21-22,24,26-35H2,1-2H3/b13-11+,17-16+,20-19+,25-23+/t36-,37-,40+,41?,42?,43-/m0/s1. The normalized spacial score (nSPS) is 21.4. The predicted molar refractivity (Wildman–Crippen MR) is 210 cm³/mol. The summed E-state index contributed by atoms with van der Waals surface area (Å²) in [6, 6.07) is 0. The van der Waals surface area contributed by atoms with E-state index in [1.807, 2.05) is 6.08 Å². The highest BCUT2D eigenvalue weighted by Gasteiger charge is 2.44. The van der Waals surface area contributed by atoms with Crippen LogP contribution in [0.4, 0.5) is 0 Å². The molecule has 6 atom stereocenters. The molecule has 53 heavy (non-hydrogen) atoms. The Morgan fingerprint density at radius 2 is 1.08 bits per heavy atom. The molecule has 1 aliphatic heterocycles. The van der Waals surface area contributed by atoms with E-state index in [2.05, 4.69) is 56.4 Å². The van der Waals surface area contributed by atoms with E-state index < -0.39 is 55.4 Å². The van der Waals surface area contributed by atoms with Crippen molar-refractivity contribution in [2.24, 2.45) is 0 Å². The summed E-state index contributed by atoms with van der Waals surface area (Å²) in [5.74, 6) is -0.875. The number of hydrogen-bond donors (Lipinski definition) is 4. The van der Waals surface area contributed by atoms with Crippen molar-refractivity contribution in [1.82, 2.24) is 0 Å². The highest BCUT2D eigenvalue weighted by atomic mass is 16.7. The van der Waals surface area contributed by atoms with Crippen molar-refractivity contribution in [2.45, 2.75) is 192 Å². The lowest BCUT2D eigenvalue weighted by Gasteiger charge is -2.39. The number of hydrogen-bond acceptors (Lipinski definition) is 10. The van der Waals surface area contributed by atoms with Crippen LogP contribution in [0.1, 0.15) is 155 Å². The number of unbranched alkanes of at least 4 members (excludes halogenated alkanes) is 14. The van der Waals surface area contributed by atoms with Crippen LogP contribution >= 0.6 is 0 Å². The average Bonchev–Trinajstić information content (AvgIpc) is 3.15. The number of rotatable bonds is 33. The van der Waals surface area contributed by atoms with Crippen molar-refractivity contribution in [1.29, 1.82) is 0 Å². The fourth-order valence-corrected chi connectivity index (χ4v) is 5.89. The Balaban J connectivity index is 2.41. The Morgan fingerprint density at radius 1 is 0.585 bits per heavy atom. The summed E-state index contributed by atoms with van der Waals surface area (Å²) in [4.78, 5) is 25.2. The van der Waals surface area contributed by atoms with Crippen LogP contribution in [0.15, 0.2) is 48.6 Å². The molecule has 0 aromatic heterocycles. The van der Waals surface area contributed by atoms with Gasteiger partial charge in [0.1, 0.15) is 31.0 Å². The molecule has 1 fully saturated rings. The minimum absolute atomic E-state index is 0.199. The maximum absolute atomic E-state index is 12.7. The van der Waals surface area contributed by atoms with E-state index in [0.29, 0.717) is 12.8 Å². The van der Waals surface area contributed by atoms with Gasteiger partial charge in [-0.3, -0.25) is 9.59 Å². The van der Waals surface area contributed by atoms with E-state index in [-0.39, 0.29) is 26.1 Å². The van der Waals surface area contributed by atoms with Crippen LogP contribution in [0, 0.1) is 0 Å². The summed E-state index contributed by atoms with van der Waals surface area (Å²) in [7, 11) is 0. The molecule has 0 aromatic rings. The fraction of sp³-hybridized carbons (Fsp3) is 0.767. The van der Waals surface area contributed by atoms with Crippen molar-refractivity contribution in [3.8, 4) is 0 Å². The summed E-state index contributed by atoms with van der Waals surface area (Å²) < 4.78 is 22.0. The Kier molecular flexibility index (Phi) is 31.4. The molecular weight excluding hydrogens is 676 g/mol. The van der Waals surface area contributed by atoms with E-state index in [4.69, 9.17) is 18.9 Å². The Morgan fingerprint density at radius 3 is 1.64 bits per heavy atom. The summed E-state index contributed by atoms with van der Waals surface area (Å²) >= 11 is 0. The van der Waals surface area contributed by atoms with E-state index in [1.54, 1.807) is 0 Å². The first kappa shape index (κ1) is 48.7. The molecule has 1 saturated heterocycles. The lowest BCUT2D eigenvalue weighted by atomic mass is 9.99. The highest BCUT2D eigenvalue weighted by molar-refractivity contribution is 5.70. The lowest BCUT2D eigenvalue weighted by Crippen LogP contribution is -2.59. The van der Waals surface area contributed by atoms with Gasteiger partial charge in [-0.1, -0.05) is 140 Å². The number of carbonyl (C=O) groups is 2. The minimum Gasteiger partial charge on any atom is -0.462 e. The highest BCUT2D eigenvalue weighted by Crippen LogP contribution is 2.22. The van der Waals surface area contributed by atoms with Crippen molar-refractivity contribution < 1.29 is 49.0 Å². The third-order valence-electron chi connectivity index (χ3n) is 9.22. The maximum atomic E-state index is 12.7. The third kappa shape index (κ3) is 26.2. The summed E-state index contributed by atoms with van der Waals surface area (Å²) in [6.45, 7) is 3.31. The number of allylic oxidation sites excluding steroid dienone is 8. The van der Waals surface area contributed by atoms with Crippen LogP contribution in [0.3, 0.4) is 0 Å². The topological polar surface area (TPSA) is 152 Å². The van der Waals surface area contributed by atoms with Gasteiger partial charge in [-0.15, -0.1) is 0 Å². The van der Waals surface area contributed by atoms with Gasteiger partial charge in [-0.25, -0.2) is 0 Å². The van der Waals surface area contributed by atoms with Gasteiger partial charge in [-0.2, -0.15) is 0 Å². The van der Waals surface area contributed by atoms with E-state index >= 15 is 0 Å². The fourth-order valence-electron chi connectivity index (χ4n) is 5.89. The molecule has 0 aliphatic carbocycles. The van der Waals surface area contributed by atoms with Crippen LogP contribution < -0.4 is 0 Å². The van der Waals surface area contributed by atoms with Crippen LogP contribution in [-0.4, -0.2) is 89.0 Å². The second-order valence-electron chi connectivity index (χ2n) is 14.1. The Hall–Kier alpha value is -2.34. The monoisotopic (exact) mass is 751 g/mol. The third-order valence-corrected chi connectivity index (χ3v) is 9.22. The smallest absolute Gasteiger partial charge is 0.306 e. The molecule has 2 unspecified atom stereocenters. The largest absolute Gasteiger partial charge is 0.462 e. The number of aliphatic hydroxyl groups is 4. The second kappa shape index (κ2) is 34.2. The van der Waals surface area contributed by atoms with Crippen molar-refractivity contribution in [3.63, 3.8) is 0 Å². The number of esters is 2. The van der Waals surface area contributed by atoms with Gasteiger partial charge in [0.15, 0.2) is 12.4 Å². The van der Waals surface area contributed by atoms with Crippen LogP contribution in [0.25, 0.3) is 0 Å². The van der Waals surface area contributed by atoms with E-state index in [0.717, 1.165) is 44.9 Å². The summed E-state index contributed by atoms with van der Waals surface area (Å²) in [5.41, 5.74) is 0. The molecule has 0 bridgehead atoms. The molecule has 0 amide bonds. The van der Waals surface area contributed by atoms with Gasteiger partial charge in [0.25, 0.3) is 0 Å². The summed E-state index contributed by atoms with van der Waals surface area (Å²) in [5, 5.41) is 39.9. The quantitative estimate of drug-likeness (QED) is 0.0294. The second-order valence-corrected chi connectivity index (χ2v) is 14.1. The molecule has 0 aromatic carbocycles. The first-order valence-corrected chi connectivity index (χ1v) is 20.7. The summed E-state index contributed by atoms with van der Waals surface area (Å²) in [6.07, 6.45) is 31.3. The molecule has 1 heterocycles. The van der Waals surface area contributed by atoms with Gasteiger partial charge in [0.2, 0.25) is 0 Å². The Labute approximate surface area is 320 Å². The first-order chi connectivity index (χ1) is 25.8. The molecule has 0 spiro atoms. The van der Waals surface area contributed by atoms with Gasteiger partial charge >= 0.3 is 11.9 Å².